The Kier molecular flexibility index (Phi) is 1.39. The normalized spacial score (nSPS) is 47.7. The van der Waals surface area contributed by atoms with Gasteiger partial charge in [-0.3, -0.25) is 0 Å². The molecule has 2 atom stereocenters. The minimum atomic E-state index is -0.356. The highest BCUT2D eigenvalue weighted by atomic mass is 16.3. The molecule has 11 heavy (non-hydrogen) atoms. The molecule has 0 heterocycles. The van der Waals surface area contributed by atoms with Crippen LogP contribution in [-0.2, 0) is 0 Å². The second-order valence-corrected chi connectivity index (χ2v) is 4.72. The van der Waals surface area contributed by atoms with Gasteiger partial charge >= 0.3 is 0 Å². The maximum atomic E-state index is 10.2. The van der Waals surface area contributed by atoms with E-state index in [0.29, 0.717) is 11.3 Å². The summed E-state index contributed by atoms with van der Waals surface area (Å²) in [5, 5.41) is 10.2. The molecule has 0 bridgehead atoms. The van der Waals surface area contributed by atoms with Crippen molar-refractivity contribution in [1.29, 1.82) is 0 Å². The van der Waals surface area contributed by atoms with Gasteiger partial charge in [0, 0.05) is 0 Å². The predicted octanol–water partition coefficient (Wildman–Crippen LogP) is 2.34. The van der Waals surface area contributed by atoms with Crippen LogP contribution in [0.3, 0.4) is 0 Å². The third-order valence-corrected chi connectivity index (χ3v) is 4.40. The largest absolute Gasteiger partial charge is 0.389 e. The monoisotopic (exact) mass is 154 g/mol. The Morgan fingerprint density at radius 3 is 2.09 bits per heavy atom. The molecule has 2 aliphatic carbocycles. The van der Waals surface area contributed by atoms with Gasteiger partial charge in [-0.1, -0.05) is 13.3 Å². The zero-order chi connectivity index (χ0) is 8.11. The Balaban J connectivity index is 2.24. The van der Waals surface area contributed by atoms with Gasteiger partial charge in [0.1, 0.15) is 0 Å². The maximum absolute atomic E-state index is 10.2. The molecule has 0 saturated heterocycles. The van der Waals surface area contributed by atoms with Gasteiger partial charge in [0.15, 0.2) is 0 Å². The van der Waals surface area contributed by atoms with Crippen molar-refractivity contribution in [3.05, 3.63) is 0 Å². The van der Waals surface area contributed by atoms with E-state index in [1.807, 2.05) is 6.92 Å². The number of hydrogen-bond donors (Lipinski definition) is 1. The van der Waals surface area contributed by atoms with Crippen molar-refractivity contribution in [2.24, 2.45) is 11.3 Å². The molecule has 0 amide bonds. The van der Waals surface area contributed by atoms with E-state index in [1.165, 1.54) is 32.1 Å². The van der Waals surface area contributed by atoms with E-state index in [9.17, 15) is 5.11 Å². The van der Waals surface area contributed by atoms with Gasteiger partial charge < -0.3 is 5.11 Å². The first-order valence-corrected chi connectivity index (χ1v) is 4.81. The first-order valence-electron chi connectivity index (χ1n) is 4.81. The molecule has 2 saturated carbocycles. The molecule has 0 aromatic heterocycles. The average molecular weight is 154 g/mol. The van der Waals surface area contributed by atoms with E-state index >= 15 is 0 Å². The topological polar surface area (TPSA) is 20.2 Å². The first kappa shape index (κ1) is 7.60. The van der Waals surface area contributed by atoms with Crippen molar-refractivity contribution in [1.82, 2.24) is 0 Å². The summed E-state index contributed by atoms with van der Waals surface area (Å²) in [6.07, 6.45) is 6.37. The second-order valence-electron chi connectivity index (χ2n) is 4.72. The molecule has 0 aromatic carbocycles. The first-order chi connectivity index (χ1) is 5.08. The van der Waals surface area contributed by atoms with Gasteiger partial charge in [-0.15, -0.1) is 0 Å². The molecule has 0 unspecified atom stereocenters. The van der Waals surface area contributed by atoms with E-state index in [-0.39, 0.29) is 5.60 Å². The van der Waals surface area contributed by atoms with Gasteiger partial charge in [-0.05, 0) is 43.9 Å². The lowest BCUT2D eigenvalue weighted by Gasteiger charge is -2.49. The van der Waals surface area contributed by atoms with Crippen molar-refractivity contribution in [3.63, 3.8) is 0 Å². The second kappa shape index (κ2) is 2.01. The summed E-state index contributed by atoms with van der Waals surface area (Å²) < 4.78 is 0. The number of rotatable bonds is 0. The minimum Gasteiger partial charge on any atom is -0.389 e. The van der Waals surface area contributed by atoms with Crippen molar-refractivity contribution in [2.45, 2.75) is 51.6 Å². The standard InChI is InChI=1S/C10H18O/c1-8-4-7-10(5-3-6-10)9(8,2)11/h8,11H,3-7H2,1-2H3/t8-,9-/m1/s1. The van der Waals surface area contributed by atoms with Crippen LogP contribution < -0.4 is 0 Å². The Labute approximate surface area is 68.8 Å². The SMILES string of the molecule is C[C@@H]1CCC2(CCC2)[C@]1(C)O. The van der Waals surface area contributed by atoms with Crippen molar-refractivity contribution >= 4 is 0 Å². The van der Waals surface area contributed by atoms with E-state index in [4.69, 9.17) is 0 Å². The van der Waals surface area contributed by atoms with Crippen LogP contribution in [0.1, 0.15) is 46.0 Å². The lowest BCUT2D eigenvalue weighted by Crippen LogP contribution is -2.49. The summed E-state index contributed by atoms with van der Waals surface area (Å²) in [7, 11) is 0. The summed E-state index contributed by atoms with van der Waals surface area (Å²) in [6, 6.07) is 0. The third kappa shape index (κ3) is 0.752. The summed E-state index contributed by atoms with van der Waals surface area (Å²) in [5.41, 5.74) is -0.0162. The fourth-order valence-corrected chi connectivity index (χ4v) is 2.91. The summed E-state index contributed by atoms with van der Waals surface area (Å²) in [6.45, 7) is 4.23. The van der Waals surface area contributed by atoms with Crippen LogP contribution in [0.4, 0.5) is 0 Å². The van der Waals surface area contributed by atoms with Crippen LogP contribution in [0.15, 0.2) is 0 Å². The fraction of sp³-hybridized carbons (Fsp3) is 1.00. The zero-order valence-corrected chi connectivity index (χ0v) is 7.56. The lowest BCUT2D eigenvalue weighted by molar-refractivity contribution is -0.111. The van der Waals surface area contributed by atoms with Gasteiger partial charge in [-0.25, -0.2) is 0 Å². The summed E-state index contributed by atoms with van der Waals surface area (Å²) in [4.78, 5) is 0. The number of aliphatic hydroxyl groups is 1. The molecule has 1 N–H and O–H groups in total. The maximum Gasteiger partial charge on any atom is 0.0701 e. The fourth-order valence-electron chi connectivity index (χ4n) is 2.91. The molecule has 0 aromatic rings. The van der Waals surface area contributed by atoms with Crippen molar-refractivity contribution < 1.29 is 5.11 Å². The highest BCUT2D eigenvalue weighted by Crippen LogP contribution is 2.60. The highest BCUT2D eigenvalue weighted by Gasteiger charge is 2.57. The summed E-state index contributed by atoms with van der Waals surface area (Å²) >= 11 is 0. The Morgan fingerprint density at radius 2 is 1.91 bits per heavy atom. The lowest BCUT2D eigenvalue weighted by atomic mass is 9.60. The molecule has 2 aliphatic rings. The van der Waals surface area contributed by atoms with Crippen molar-refractivity contribution in [3.8, 4) is 0 Å². The molecule has 0 radical (unpaired) electrons. The van der Waals surface area contributed by atoms with E-state index in [1.54, 1.807) is 0 Å². The van der Waals surface area contributed by atoms with E-state index < -0.39 is 0 Å². The number of hydrogen-bond acceptors (Lipinski definition) is 1. The third-order valence-electron chi connectivity index (χ3n) is 4.40. The van der Waals surface area contributed by atoms with Crippen LogP contribution in [0.25, 0.3) is 0 Å². The smallest absolute Gasteiger partial charge is 0.0701 e. The molecule has 2 rings (SSSR count). The van der Waals surface area contributed by atoms with Crippen LogP contribution in [-0.4, -0.2) is 10.7 Å². The average Bonchev–Trinajstić information content (AvgIpc) is 2.04. The van der Waals surface area contributed by atoms with Crippen LogP contribution >= 0.6 is 0 Å². The van der Waals surface area contributed by atoms with Gasteiger partial charge in [0.05, 0.1) is 5.60 Å². The minimum absolute atomic E-state index is 0.340. The molecule has 1 heteroatoms. The van der Waals surface area contributed by atoms with Gasteiger partial charge in [0.25, 0.3) is 0 Å². The predicted molar refractivity (Wildman–Crippen MR) is 45.3 cm³/mol. The van der Waals surface area contributed by atoms with Crippen molar-refractivity contribution in [2.75, 3.05) is 0 Å². The molecule has 1 spiro atoms. The molecule has 64 valence electrons. The van der Waals surface area contributed by atoms with Crippen LogP contribution in [0.5, 0.6) is 0 Å². The van der Waals surface area contributed by atoms with E-state index in [2.05, 4.69) is 6.92 Å². The van der Waals surface area contributed by atoms with Crippen LogP contribution in [0, 0.1) is 11.3 Å². The molecule has 0 aliphatic heterocycles. The molecular weight excluding hydrogens is 136 g/mol. The molecule has 2 fully saturated rings. The highest BCUT2D eigenvalue weighted by molar-refractivity contribution is 5.08. The molecule has 1 nitrogen and oxygen atoms in total. The van der Waals surface area contributed by atoms with Gasteiger partial charge in [-0.2, -0.15) is 0 Å². The summed E-state index contributed by atoms with van der Waals surface area (Å²) in [5.74, 6) is 0.516. The Hall–Kier alpha value is -0.0400. The molecular formula is C10H18O. The van der Waals surface area contributed by atoms with E-state index in [0.717, 1.165) is 0 Å². The van der Waals surface area contributed by atoms with Crippen LogP contribution in [0.2, 0.25) is 0 Å². The van der Waals surface area contributed by atoms with Gasteiger partial charge in [0.2, 0.25) is 0 Å². The quantitative estimate of drug-likeness (QED) is 0.568. The zero-order valence-electron chi connectivity index (χ0n) is 7.56. The Bertz CT molecular complexity index is 168. The Morgan fingerprint density at radius 1 is 1.27 bits per heavy atom.